The Morgan fingerprint density at radius 3 is 2.60 bits per heavy atom. The minimum absolute atomic E-state index is 0.471. The molecule has 1 aliphatic heterocycles. The van der Waals surface area contributed by atoms with Gasteiger partial charge in [0.25, 0.3) is 0 Å². The van der Waals surface area contributed by atoms with E-state index in [2.05, 4.69) is 20.4 Å². The fourth-order valence-electron chi connectivity index (χ4n) is 3.66. The minimum atomic E-state index is -0.537. The van der Waals surface area contributed by atoms with Crippen LogP contribution in [0.3, 0.4) is 0 Å². The van der Waals surface area contributed by atoms with Crippen molar-refractivity contribution in [2.24, 2.45) is 5.92 Å². The van der Waals surface area contributed by atoms with Crippen LogP contribution in [-0.2, 0) is 0 Å². The molecule has 0 spiro atoms. The van der Waals surface area contributed by atoms with Crippen LogP contribution in [0.4, 0.5) is 0 Å². The number of likely N-dealkylation sites (tertiary alicyclic amines) is 1. The number of nitrogens with zero attached hydrogens (tertiary/aromatic N) is 1. The highest BCUT2D eigenvalue weighted by molar-refractivity contribution is 5.15. The summed E-state index contributed by atoms with van der Waals surface area (Å²) in [6, 6.07) is 0. The van der Waals surface area contributed by atoms with E-state index in [0.29, 0.717) is 5.92 Å². The standard InChI is InChI=1S/C13H24NO/c1-4-14(5-2)10-12-8-6-7-9-13(12,15)11(14)3/h12,15H,3-10H2,1-2H3/q+1/t12-,13-/m1/s1. The molecule has 2 fully saturated rings. The molecule has 0 aromatic rings. The van der Waals surface area contributed by atoms with E-state index >= 15 is 0 Å². The van der Waals surface area contributed by atoms with E-state index in [-0.39, 0.29) is 0 Å². The first kappa shape index (κ1) is 11.2. The molecule has 1 saturated heterocycles. The van der Waals surface area contributed by atoms with Gasteiger partial charge in [0.2, 0.25) is 0 Å². The van der Waals surface area contributed by atoms with E-state index in [1.807, 2.05) is 0 Å². The number of aliphatic hydroxyl groups is 1. The number of fused-ring (bicyclic) bond motifs is 1. The quantitative estimate of drug-likeness (QED) is 0.693. The second kappa shape index (κ2) is 3.60. The summed E-state index contributed by atoms with van der Waals surface area (Å²) >= 11 is 0. The third-order valence-corrected chi connectivity index (χ3v) is 4.89. The average Bonchev–Trinajstić information content (AvgIpc) is 2.49. The van der Waals surface area contributed by atoms with Crippen molar-refractivity contribution >= 4 is 0 Å². The second-order valence-corrected chi connectivity index (χ2v) is 5.27. The minimum Gasteiger partial charge on any atom is -0.379 e. The lowest BCUT2D eigenvalue weighted by Gasteiger charge is -2.35. The second-order valence-electron chi connectivity index (χ2n) is 5.27. The van der Waals surface area contributed by atoms with Crippen molar-refractivity contribution in [1.29, 1.82) is 0 Å². The Balaban J connectivity index is 2.32. The zero-order valence-electron chi connectivity index (χ0n) is 10.1. The average molecular weight is 210 g/mol. The van der Waals surface area contributed by atoms with Gasteiger partial charge in [-0.2, -0.15) is 0 Å². The normalized spacial score (nSPS) is 39.1. The summed E-state index contributed by atoms with van der Waals surface area (Å²) in [5.41, 5.74) is 0.557. The van der Waals surface area contributed by atoms with Crippen LogP contribution in [0.5, 0.6) is 0 Å². The maximum absolute atomic E-state index is 10.8. The maximum Gasteiger partial charge on any atom is 0.146 e. The van der Waals surface area contributed by atoms with Crippen LogP contribution in [0.25, 0.3) is 0 Å². The Hall–Kier alpha value is -0.340. The molecule has 0 amide bonds. The topological polar surface area (TPSA) is 20.2 Å². The molecule has 0 unspecified atom stereocenters. The number of quaternary nitrogens is 1. The Bertz CT molecular complexity index is 266. The van der Waals surface area contributed by atoms with Gasteiger partial charge in [0.15, 0.2) is 0 Å². The van der Waals surface area contributed by atoms with E-state index in [4.69, 9.17) is 0 Å². The van der Waals surface area contributed by atoms with Gasteiger partial charge < -0.3 is 5.11 Å². The first-order valence-electron chi connectivity index (χ1n) is 6.37. The van der Waals surface area contributed by atoms with Crippen LogP contribution in [0, 0.1) is 5.92 Å². The molecular weight excluding hydrogens is 186 g/mol. The first-order chi connectivity index (χ1) is 7.09. The molecule has 2 heteroatoms. The molecular formula is C13H24NO+. The van der Waals surface area contributed by atoms with Crippen molar-refractivity contribution in [2.45, 2.75) is 45.1 Å². The molecule has 1 aliphatic carbocycles. The molecule has 0 radical (unpaired) electrons. The summed E-state index contributed by atoms with van der Waals surface area (Å²) in [5, 5.41) is 10.8. The summed E-state index contributed by atoms with van der Waals surface area (Å²) in [6.45, 7) is 11.9. The molecule has 2 atom stereocenters. The van der Waals surface area contributed by atoms with Crippen LogP contribution >= 0.6 is 0 Å². The third-order valence-electron chi connectivity index (χ3n) is 4.89. The molecule has 1 N–H and O–H groups in total. The van der Waals surface area contributed by atoms with E-state index < -0.39 is 5.60 Å². The fourth-order valence-corrected chi connectivity index (χ4v) is 3.66. The van der Waals surface area contributed by atoms with Crippen molar-refractivity contribution < 1.29 is 9.59 Å². The molecule has 1 saturated carbocycles. The van der Waals surface area contributed by atoms with Gasteiger partial charge in [0.05, 0.1) is 19.6 Å². The van der Waals surface area contributed by atoms with Gasteiger partial charge in [-0.3, -0.25) is 4.48 Å². The molecule has 15 heavy (non-hydrogen) atoms. The van der Waals surface area contributed by atoms with Gasteiger partial charge >= 0.3 is 0 Å². The molecule has 0 bridgehead atoms. The van der Waals surface area contributed by atoms with E-state index in [0.717, 1.165) is 36.2 Å². The SMILES string of the molecule is C=C1[C@]2(O)CCCC[C@@H]2C[N+]1(CC)CC. The van der Waals surface area contributed by atoms with Crippen molar-refractivity contribution in [3.63, 3.8) is 0 Å². The molecule has 86 valence electrons. The van der Waals surface area contributed by atoms with Crippen molar-refractivity contribution in [1.82, 2.24) is 0 Å². The van der Waals surface area contributed by atoms with Crippen LogP contribution < -0.4 is 0 Å². The smallest absolute Gasteiger partial charge is 0.146 e. The van der Waals surface area contributed by atoms with Crippen molar-refractivity contribution in [3.8, 4) is 0 Å². The lowest BCUT2D eigenvalue weighted by Crippen LogP contribution is -2.46. The van der Waals surface area contributed by atoms with E-state index in [1.165, 1.54) is 19.3 Å². The van der Waals surface area contributed by atoms with Crippen LogP contribution in [-0.4, -0.2) is 34.8 Å². The summed E-state index contributed by atoms with van der Waals surface area (Å²) < 4.78 is 0.946. The lowest BCUT2D eigenvalue weighted by atomic mass is 9.76. The van der Waals surface area contributed by atoms with Gasteiger partial charge in [-0.05, 0) is 39.7 Å². The molecule has 2 aliphatic rings. The molecule has 2 nitrogen and oxygen atoms in total. The molecule has 1 heterocycles. The first-order valence-corrected chi connectivity index (χ1v) is 6.37. The van der Waals surface area contributed by atoms with Gasteiger partial charge in [0.1, 0.15) is 11.3 Å². The number of likely N-dealkylation sites (N-methyl/N-ethyl adjacent to an activating group) is 1. The van der Waals surface area contributed by atoms with Crippen LogP contribution in [0.15, 0.2) is 12.3 Å². The fraction of sp³-hybridized carbons (Fsp3) is 0.846. The Morgan fingerprint density at radius 1 is 1.40 bits per heavy atom. The van der Waals surface area contributed by atoms with Crippen molar-refractivity contribution in [3.05, 3.63) is 12.3 Å². The number of rotatable bonds is 2. The van der Waals surface area contributed by atoms with Crippen LogP contribution in [0.2, 0.25) is 0 Å². The molecule has 0 aromatic heterocycles. The van der Waals surface area contributed by atoms with Gasteiger partial charge in [-0.1, -0.05) is 6.42 Å². The molecule has 0 aromatic carbocycles. The van der Waals surface area contributed by atoms with Crippen LogP contribution in [0.1, 0.15) is 39.5 Å². The molecule has 2 rings (SSSR count). The summed E-state index contributed by atoms with van der Waals surface area (Å²) in [6.07, 6.45) is 4.58. The van der Waals surface area contributed by atoms with Gasteiger partial charge in [-0.15, -0.1) is 0 Å². The highest BCUT2D eigenvalue weighted by Crippen LogP contribution is 2.49. The van der Waals surface area contributed by atoms with E-state index in [1.54, 1.807) is 0 Å². The van der Waals surface area contributed by atoms with Gasteiger partial charge in [0, 0.05) is 5.92 Å². The highest BCUT2D eigenvalue weighted by Gasteiger charge is 2.57. The van der Waals surface area contributed by atoms with Crippen molar-refractivity contribution in [2.75, 3.05) is 19.6 Å². The largest absolute Gasteiger partial charge is 0.379 e. The number of hydrogen-bond donors (Lipinski definition) is 1. The Morgan fingerprint density at radius 2 is 2.07 bits per heavy atom. The summed E-state index contributed by atoms with van der Waals surface area (Å²) in [5.74, 6) is 0.471. The zero-order chi connectivity index (χ0) is 11.1. The summed E-state index contributed by atoms with van der Waals surface area (Å²) in [4.78, 5) is 0. The third kappa shape index (κ3) is 1.38. The van der Waals surface area contributed by atoms with Gasteiger partial charge in [-0.25, -0.2) is 0 Å². The predicted molar refractivity (Wildman–Crippen MR) is 62.3 cm³/mol. The lowest BCUT2D eigenvalue weighted by molar-refractivity contribution is -0.882. The Labute approximate surface area is 93.2 Å². The maximum atomic E-state index is 10.8. The highest BCUT2D eigenvalue weighted by atomic mass is 16.3. The monoisotopic (exact) mass is 210 g/mol. The zero-order valence-corrected chi connectivity index (χ0v) is 10.1. The predicted octanol–water partition coefficient (Wildman–Crippen LogP) is 2.29. The van der Waals surface area contributed by atoms with E-state index in [9.17, 15) is 5.11 Å². The summed E-state index contributed by atoms with van der Waals surface area (Å²) in [7, 11) is 0. The Kier molecular flexibility index (Phi) is 2.68. The number of hydrogen-bond acceptors (Lipinski definition) is 1.